The molecule has 0 aliphatic carbocycles. The van der Waals surface area contributed by atoms with Crippen LogP contribution >= 0.6 is 11.6 Å². The fourth-order valence-electron chi connectivity index (χ4n) is 3.22. The van der Waals surface area contributed by atoms with Gasteiger partial charge in [-0.3, -0.25) is 9.78 Å². The molecule has 1 aromatic carbocycles. The number of nitrogens with zero attached hydrogens (tertiary/aromatic N) is 3. The topological polar surface area (TPSA) is 70.6 Å². The van der Waals surface area contributed by atoms with Crippen molar-refractivity contribution in [3.05, 3.63) is 70.6 Å². The Kier molecular flexibility index (Phi) is 7.80. The number of carbonyl (C=O) groups is 1. The lowest BCUT2D eigenvalue weighted by Gasteiger charge is -2.32. The highest BCUT2D eigenvalue weighted by molar-refractivity contribution is 7.90. The molecule has 1 heterocycles. The fraction of sp³-hybridized carbons (Fsp3) is 0.364. The van der Waals surface area contributed by atoms with Gasteiger partial charge in [0.15, 0.2) is 15.6 Å². The van der Waals surface area contributed by atoms with Gasteiger partial charge >= 0.3 is 0 Å². The Hall–Kier alpha value is -2.22. The molecule has 0 N–H and O–H groups in total. The molecule has 2 rings (SSSR count). The number of sulfone groups is 1. The van der Waals surface area contributed by atoms with E-state index in [9.17, 15) is 13.2 Å². The average molecular weight is 450 g/mol. The molecule has 2 aromatic rings. The summed E-state index contributed by atoms with van der Waals surface area (Å²) in [6, 6.07) is 9.49. The highest BCUT2D eigenvalue weighted by atomic mass is 35.5. The maximum absolute atomic E-state index is 13.6. The van der Waals surface area contributed by atoms with Crippen molar-refractivity contribution < 1.29 is 13.2 Å². The van der Waals surface area contributed by atoms with E-state index in [1.807, 2.05) is 44.9 Å². The molecule has 0 radical (unpaired) electrons. The Morgan fingerprint density at radius 2 is 1.67 bits per heavy atom. The van der Waals surface area contributed by atoms with Gasteiger partial charge in [0.25, 0.3) is 0 Å². The van der Waals surface area contributed by atoms with Gasteiger partial charge in [-0.25, -0.2) is 8.42 Å². The number of aryl methyl sites for hydroxylation is 1. The van der Waals surface area contributed by atoms with E-state index in [0.717, 1.165) is 11.9 Å². The molecule has 0 saturated carbocycles. The third-order valence-corrected chi connectivity index (χ3v) is 6.13. The predicted octanol–water partition coefficient (Wildman–Crippen LogP) is 3.33. The standard InChI is InChI=1S/C22H28ClN3O3S/c1-15-7-8-17(13-24-15)22(27)20(21(26(4)5)19(23)14-25(2)3)16-9-11-18(12-10-16)30(6,28)29/h7-14,20-21H,1-6H3/b19-14-. The van der Waals surface area contributed by atoms with Crippen LogP contribution in [0.1, 0.15) is 27.5 Å². The Labute approximate surface area is 184 Å². The third kappa shape index (κ3) is 5.90. The summed E-state index contributed by atoms with van der Waals surface area (Å²) in [7, 11) is 4.09. The molecule has 0 aliphatic heterocycles. The summed E-state index contributed by atoms with van der Waals surface area (Å²) in [5.74, 6) is -0.791. The first kappa shape index (κ1) is 24.1. The van der Waals surface area contributed by atoms with Crippen molar-refractivity contribution in [3.63, 3.8) is 0 Å². The summed E-state index contributed by atoms with van der Waals surface area (Å²) in [6.07, 6.45) is 4.48. The van der Waals surface area contributed by atoms with Crippen molar-refractivity contribution in [3.8, 4) is 0 Å². The number of halogens is 1. The number of rotatable bonds is 8. The molecule has 30 heavy (non-hydrogen) atoms. The Bertz CT molecular complexity index is 1010. The molecule has 2 unspecified atom stereocenters. The summed E-state index contributed by atoms with van der Waals surface area (Å²) in [4.78, 5) is 21.7. The van der Waals surface area contributed by atoms with Crippen LogP contribution in [0.15, 0.2) is 58.7 Å². The van der Waals surface area contributed by atoms with Gasteiger partial charge in [-0.2, -0.15) is 0 Å². The zero-order chi connectivity index (χ0) is 22.6. The lowest BCUT2D eigenvalue weighted by molar-refractivity contribution is 0.0921. The van der Waals surface area contributed by atoms with Gasteiger partial charge in [0.05, 0.1) is 21.9 Å². The van der Waals surface area contributed by atoms with Crippen molar-refractivity contribution in [1.29, 1.82) is 0 Å². The molecule has 0 saturated heterocycles. The number of benzene rings is 1. The summed E-state index contributed by atoms with van der Waals surface area (Å²) < 4.78 is 23.7. The molecule has 6 nitrogen and oxygen atoms in total. The molecule has 8 heteroatoms. The highest BCUT2D eigenvalue weighted by Gasteiger charge is 2.34. The largest absolute Gasteiger partial charge is 0.383 e. The van der Waals surface area contributed by atoms with Crippen LogP contribution in [-0.4, -0.2) is 69.5 Å². The van der Waals surface area contributed by atoms with Gasteiger partial charge in [-0.15, -0.1) is 0 Å². The van der Waals surface area contributed by atoms with Crippen molar-refractivity contribution in [1.82, 2.24) is 14.8 Å². The van der Waals surface area contributed by atoms with Crippen LogP contribution in [0, 0.1) is 6.92 Å². The second-order valence-electron chi connectivity index (χ2n) is 7.76. The van der Waals surface area contributed by atoms with Gasteiger partial charge in [-0.05, 0) is 50.8 Å². The van der Waals surface area contributed by atoms with E-state index < -0.39 is 21.8 Å². The number of Topliss-reactive ketones (excluding diaryl/α,β-unsaturated/α-hetero) is 1. The van der Waals surface area contributed by atoms with Crippen molar-refractivity contribution in [2.24, 2.45) is 0 Å². The van der Waals surface area contributed by atoms with Gasteiger partial charge in [0, 0.05) is 44.0 Å². The molecule has 162 valence electrons. The second-order valence-corrected chi connectivity index (χ2v) is 10.2. The van der Waals surface area contributed by atoms with Crippen LogP contribution in [0.5, 0.6) is 0 Å². The number of aromatic nitrogens is 1. The lowest BCUT2D eigenvalue weighted by atomic mass is 9.84. The van der Waals surface area contributed by atoms with E-state index in [4.69, 9.17) is 11.6 Å². The number of ketones is 1. The highest BCUT2D eigenvalue weighted by Crippen LogP contribution is 2.33. The minimum atomic E-state index is -3.34. The van der Waals surface area contributed by atoms with Crippen molar-refractivity contribution in [2.75, 3.05) is 34.4 Å². The first-order valence-corrected chi connectivity index (χ1v) is 11.7. The van der Waals surface area contributed by atoms with E-state index in [0.29, 0.717) is 16.2 Å². The van der Waals surface area contributed by atoms with Gasteiger partial charge < -0.3 is 9.80 Å². The van der Waals surface area contributed by atoms with Crippen LogP contribution < -0.4 is 0 Å². The SMILES string of the molecule is Cc1ccc(C(=O)C(c2ccc(S(C)(=O)=O)cc2)C(/C(Cl)=C/N(C)C)N(C)C)cn1. The second kappa shape index (κ2) is 9.73. The van der Waals surface area contributed by atoms with Crippen LogP contribution in [0.25, 0.3) is 0 Å². The molecule has 1 aromatic heterocycles. The average Bonchev–Trinajstić information content (AvgIpc) is 2.64. The zero-order valence-electron chi connectivity index (χ0n) is 18.1. The summed E-state index contributed by atoms with van der Waals surface area (Å²) in [5.41, 5.74) is 1.96. The maximum Gasteiger partial charge on any atom is 0.175 e. The minimum Gasteiger partial charge on any atom is -0.383 e. The van der Waals surface area contributed by atoms with E-state index in [1.165, 1.54) is 12.1 Å². The number of hydrogen-bond acceptors (Lipinski definition) is 6. The molecule has 0 aliphatic rings. The molecule has 0 amide bonds. The first-order valence-electron chi connectivity index (χ1n) is 9.38. The van der Waals surface area contributed by atoms with E-state index >= 15 is 0 Å². The summed E-state index contributed by atoms with van der Waals surface area (Å²) >= 11 is 6.66. The Morgan fingerprint density at radius 3 is 2.10 bits per heavy atom. The number of carbonyl (C=O) groups excluding carboxylic acids is 1. The smallest absolute Gasteiger partial charge is 0.175 e. The first-order chi connectivity index (χ1) is 13.9. The van der Waals surface area contributed by atoms with Gasteiger partial charge in [0.2, 0.25) is 0 Å². The van der Waals surface area contributed by atoms with Crippen LogP contribution in [0.3, 0.4) is 0 Å². The Balaban J connectivity index is 2.64. The fourth-order valence-corrected chi connectivity index (χ4v) is 4.37. The number of likely N-dealkylation sites (N-methyl/N-ethyl adjacent to an activating group) is 1. The van der Waals surface area contributed by atoms with Crippen molar-refractivity contribution in [2.45, 2.75) is 23.8 Å². The van der Waals surface area contributed by atoms with Crippen LogP contribution in [0.2, 0.25) is 0 Å². The Morgan fingerprint density at radius 1 is 1.07 bits per heavy atom. The maximum atomic E-state index is 13.6. The summed E-state index contributed by atoms with van der Waals surface area (Å²) in [6.45, 7) is 1.86. The molecular weight excluding hydrogens is 422 g/mol. The van der Waals surface area contributed by atoms with E-state index in [2.05, 4.69) is 4.98 Å². The molecular formula is C22H28ClN3O3S. The molecule has 0 fully saturated rings. The zero-order valence-corrected chi connectivity index (χ0v) is 19.7. The van der Waals surface area contributed by atoms with Crippen LogP contribution in [0.4, 0.5) is 0 Å². The number of hydrogen-bond donors (Lipinski definition) is 0. The molecule has 0 bridgehead atoms. The number of pyridine rings is 1. The molecule has 0 spiro atoms. The lowest BCUT2D eigenvalue weighted by Crippen LogP contribution is -2.39. The molecule has 2 atom stereocenters. The minimum absolute atomic E-state index is 0.140. The monoisotopic (exact) mass is 449 g/mol. The van der Waals surface area contributed by atoms with Gasteiger partial charge in [0.1, 0.15) is 0 Å². The van der Waals surface area contributed by atoms with E-state index in [1.54, 1.807) is 36.7 Å². The third-order valence-electron chi connectivity index (χ3n) is 4.68. The van der Waals surface area contributed by atoms with Gasteiger partial charge in [-0.1, -0.05) is 23.7 Å². The normalized spacial score (nSPS) is 14.5. The van der Waals surface area contributed by atoms with E-state index in [-0.39, 0.29) is 10.7 Å². The quantitative estimate of drug-likeness (QED) is 0.575. The summed E-state index contributed by atoms with van der Waals surface area (Å²) in [5, 5.41) is 0.496. The van der Waals surface area contributed by atoms with Crippen molar-refractivity contribution >= 4 is 27.2 Å². The van der Waals surface area contributed by atoms with Crippen LogP contribution in [-0.2, 0) is 9.84 Å². The predicted molar refractivity (Wildman–Crippen MR) is 121 cm³/mol.